The summed E-state index contributed by atoms with van der Waals surface area (Å²) in [5.41, 5.74) is 1.28. The summed E-state index contributed by atoms with van der Waals surface area (Å²) in [6.07, 6.45) is 2.01. The molecule has 0 N–H and O–H groups in total. The molecule has 20 heavy (non-hydrogen) atoms. The predicted molar refractivity (Wildman–Crippen MR) is 77.4 cm³/mol. The van der Waals surface area contributed by atoms with Crippen molar-refractivity contribution in [3.8, 4) is 5.75 Å². The van der Waals surface area contributed by atoms with Crippen molar-refractivity contribution in [1.29, 1.82) is 0 Å². The molecule has 0 aliphatic rings. The summed E-state index contributed by atoms with van der Waals surface area (Å²) in [7, 11) is -4.96. The Morgan fingerprint density at radius 1 is 1.20 bits per heavy atom. The van der Waals surface area contributed by atoms with Crippen molar-refractivity contribution in [2.75, 3.05) is 0 Å². The zero-order chi connectivity index (χ0) is 14.7. The van der Waals surface area contributed by atoms with E-state index >= 15 is 0 Å². The molecule has 1 aromatic carbocycles. The fourth-order valence-electron chi connectivity index (χ4n) is 2.53. The predicted octanol–water partition coefficient (Wildman–Crippen LogP) is 2.13. The molecule has 0 unspecified atom stereocenters. The molecule has 1 rings (SSSR count). The van der Waals surface area contributed by atoms with E-state index in [2.05, 4.69) is 32.2 Å². The first kappa shape index (κ1) is 20.4. The molecule has 0 aromatic heterocycles. The topological polar surface area (TPSA) is 72.4 Å². The van der Waals surface area contributed by atoms with E-state index in [0.717, 1.165) is 18.4 Å². The first-order valence-electron chi connectivity index (χ1n) is 6.38. The van der Waals surface area contributed by atoms with Crippen LogP contribution in [0.5, 0.6) is 5.75 Å². The SMILES string of the molecule is CC(C)CC(C)(C)Cc1ccc(OP(=O)([O-])[O-])cc1.[Ca+2]. The van der Waals surface area contributed by atoms with E-state index in [1.165, 1.54) is 12.1 Å². The monoisotopic (exact) mass is 324 g/mol. The van der Waals surface area contributed by atoms with Gasteiger partial charge in [0.2, 0.25) is 0 Å². The second-order valence-corrected chi connectivity index (χ2v) is 7.20. The van der Waals surface area contributed by atoms with Gasteiger partial charge in [-0.2, -0.15) is 0 Å². The van der Waals surface area contributed by atoms with Gasteiger partial charge in [0.25, 0.3) is 0 Å². The van der Waals surface area contributed by atoms with Crippen LogP contribution in [0.3, 0.4) is 0 Å². The number of hydrogen-bond donors (Lipinski definition) is 0. The van der Waals surface area contributed by atoms with Crippen LogP contribution in [0.25, 0.3) is 0 Å². The molecule has 0 aliphatic heterocycles. The van der Waals surface area contributed by atoms with Crippen molar-refractivity contribution < 1.29 is 18.9 Å². The zero-order valence-electron chi connectivity index (χ0n) is 12.6. The summed E-state index contributed by atoms with van der Waals surface area (Å²) in [4.78, 5) is 21.0. The number of benzene rings is 1. The molecule has 0 saturated carbocycles. The van der Waals surface area contributed by atoms with Gasteiger partial charge in [-0.05, 0) is 41.9 Å². The maximum Gasteiger partial charge on any atom is 2.00 e. The average molecular weight is 324 g/mol. The van der Waals surface area contributed by atoms with Crippen LogP contribution >= 0.6 is 7.82 Å². The van der Waals surface area contributed by atoms with Crippen LogP contribution < -0.4 is 14.3 Å². The molecule has 108 valence electrons. The molecule has 1 aromatic rings. The molecule has 0 spiro atoms. The van der Waals surface area contributed by atoms with Gasteiger partial charge in [0.1, 0.15) is 13.6 Å². The van der Waals surface area contributed by atoms with E-state index in [9.17, 15) is 14.4 Å². The van der Waals surface area contributed by atoms with Crippen LogP contribution in [0.1, 0.15) is 39.7 Å². The Kier molecular flexibility index (Phi) is 8.34. The zero-order valence-corrected chi connectivity index (χ0v) is 15.7. The van der Waals surface area contributed by atoms with Gasteiger partial charge in [-0.3, -0.25) is 0 Å². The fourth-order valence-corrected chi connectivity index (χ4v) is 2.91. The van der Waals surface area contributed by atoms with E-state index in [0.29, 0.717) is 5.92 Å². The Hall–Kier alpha value is 0.430. The molecule has 0 bridgehead atoms. The van der Waals surface area contributed by atoms with Crippen molar-refractivity contribution in [1.82, 2.24) is 0 Å². The summed E-state index contributed by atoms with van der Waals surface area (Å²) >= 11 is 0. The third-order valence-electron chi connectivity index (χ3n) is 2.78. The third kappa shape index (κ3) is 8.66. The second kappa shape index (κ2) is 8.17. The Morgan fingerprint density at radius 3 is 2.10 bits per heavy atom. The molecule has 6 heteroatoms. The van der Waals surface area contributed by atoms with Gasteiger partial charge in [0, 0.05) is 0 Å². The van der Waals surface area contributed by atoms with Crippen LogP contribution in [-0.2, 0) is 11.0 Å². The molecule has 0 saturated heterocycles. The molecule has 0 aliphatic carbocycles. The van der Waals surface area contributed by atoms with E-state index in [4.69, 9.17) is 0 Å². The minimum atomic E-state index is -4.96. The molecule has 0 amide bonds. The summed E-state index contributed by atoms with van der Waals surface area (Å²) < 4.78 is 14.8. The molecule has 4 nitrogen and oxygen atoms in total. The first-order chi connectivity index (χ1) is 8.57. The van der Waals surface area contributed by atoms with Gasteiger partial charge < -0.3 is 18.9 Å². The van der Waals surface area contributed by atoms with Gasteiger partial charge in [-0.1, -0.05) is 39.8 Å². The smallest absolute Gasteiger partial charge is 0.780 e. The molecule has 0 fully saturated rings. The first-order valence-corrected chi connectivity index (χ1v) is 7.84. The van der Waals surface area contributed by atoms with E-state index in [1.807, 2.05) is 0 Å². The van der Waals surface area contributed by atoms with Gasteiger partial charge in [-0.25, -0.2) is 0 Å². The standard InChI is InChI=1S/C14H23O4P.Ca/c1-11(2)9-14(3,4)10-12-5-7-13(8-6-12)18-19(15,16)17;/h5-8,11H,9-10H2,1-4H3,(H2,15,16,17);/q;+2/p-2. The average Bonchev–Trinajstić information content (AvgIpc) is 2.16. The quantitative estimate of drug-likeness (QED) is 0.593. The van der Waals surface area contributed by atoms with Crippen molar-refractivity contribution in [3.05, 3.63) is 29.8 Å². The molecule has 0 radical (unpaired) electrons. The maximum atomic E-state index is 10.5. The Bertz CT molecular complexity index is 451. The number of hydrogen-bond acceptors (Lipinski definition) is 4. The Labute approximate surface area is 151 Å². The Morgan fingerprint density at radius 2 is 1.70 bits per heavy atom. The summed E-state index contributed by atoms with van der Waals surface area (Å²) in [5.74, 6) is 0.697. The molecule has 0 heterocycles. The van der Waals surface area contributed by atoms with Crippen LogP contribution in [0.2, 0.25) is 0 Å². The van der Waals surface area contributed by atoms with E-state index in [1.54, 1.807) is 12.1 Å². The maximum absolute atomic E-state index is 10.5. The van der Waals surface area contributed by atoms with Crippen LogP contribution in [0.4, 0.5) is 0 Å². The van der Waals surface area contributed by atoms with Crippen LogP contribution in [0.15, 0.2) is 24.3 Å². The van der Waals surface area contributed by atoms with Crippen LogP contribution in [0, 0.1) is 11.3 Å². The number of phosphoric acid groups is 1. The van der Waals surface area contributed by atoms with Crippen molar-refractivity contribution >= 4 is 45.6 Å². The minimum Gasteiger partial charge on any atom is -0.780 e. The van der Waals surface area contributed by atoms with Gasteiger partial charge in [-0.15, -0.1) is 0 Å². The third-order valence-corrected chi connectivity index (χ3v) is 3.22. The second-order valence-electron chi connectivity index (χ2n) is 6.12. The van der Waals surface area contributed by atoms with Crippen molar-refractivity contribution in [2.24, 2.45) is 11.3 Å². The summed E-state index contributed by atoms with van der Waals surface area (Å²) in [6, 6.07) is 6.63. The van der Waals surface area contributed by atoms with Crippen LogP contribution in [-0.4, -0.2) is 37.7 Å². The number of rotatable bonds is 6. The van der Waals surface area contributed by atoms with Crippen molar-refractivity contribution in [2.45, 2.75) is 40.5 Å². The van der Waals surface area contributed by atoms with Gasteiger partial charge in [0.05, 0.1) is 0 Å². The summed E-state index contributed by atoms with van der Waals surface area (Å²) in [5, 5.41) is 0. The van der Waals surface area contributed by atoms with E-state index in [-0.39, 0.29) is 48.9 Å². The van der Waals surface area contributed by atoms with Gasteiger partial charge in [0.15, 0.2) is 0 Å². The number of phosphoric ester groups is 1. The molecular weight excluding hydrogens is 303 g/mol. The van der Waals surface area contributed by atoms with Crippen molar-refractivity contribution in [3.63, 3.8) is 0 Å². The minimum absolute atomic E-state index is 0. The Balaban J connectivity index is 0.00000361. The molecule has 0 atom stereocenters. The normalized spacial score (nSPS) is 12.2. The van der Waals surface area contributed by atoms with E-state index < -0.39 is 7.82 Å². The summed E-state index contributed by atoms with van der Waals surface area (Å²) in [6.45, 7) is 8.80. The fraction of sp³-hybridized carbons (Fsp3) is 0.571. The van der Waals surface area contributed by atoms with Gasteiger partial charge >= 0.3 is 37.7 Å². The molecular formula is C14H21CaO4P. The largest absolute Gasteiger partial charge is 2.00 e.